The molecule has 0 aliphatic rings. The lowest BCUT2D eigenvalue weighted by molar-refractivity contribution is 0.301. The van der Waals surface area contributed by atoms with Gasteiger partial charge in [-0.3, -0.25) is 0 Å². The third kappa shape index (κ3) is 3.71. The summed E-state index contributed by atoms with van der Waals surface area (Å²) in [5.41, 5.74) is 7.14. The van der Waals surface area contributed by atoms with E-state index in [2.05, 4.69) is 16.9 Å². The predicted molar refractivity (Wildman–Crippen MR) is 70.4 cm³/mol. The van der Waals surface area contributed by atoms with Crippen molar-refractivity contribution in [2.45, 2.75) is 26.7 Å². The first kappa shape index (κ1) is 14.0. The summed E-state index contributed by atoms with van der Waals surface area (Å²) in [5.74, 6) is 0.616. The van der Waals surface area contributed by atoms with Crippen molar-refractivity contribution in [3.8, 4) is 0 Å². The van der Waals surface area contributed by atoms with Crippen molar-refractivity contribution in [2.24, 2.45) is 0 Å². The van der Waals surface area contributed by atoms with Crippen LogP contribution in [0.1, 0.15) is 25.5 Å². The Kier molecular flexibility index (Phi) is 5.44. The summed E-state index contributed by atoms with van der Waals surface area (Å²) in [4.78, 5) is 10.1. The molecule has 0 aliphatic carbocycles. The van der Waals surface area contributed by atoms with E-state index in [1.165, 1.54) is 0 Å². The molecular formula is C11H19ClN4O. The van der Waals surface area contributed by atoms with E-state index in [1.807, 2.05) is 4.90 Å². The lowest BCUT2D eigenvalue weighted by Crippen LogP contribution is -2.29. The topological polar surface area (TPSA) is 75.3 Å². The van der Waals surface area contributed by atoms with Crippen LogP contribution in [0.25, 0.3) is 0 Å². The number of rotatable bonds is 6. The summed E-state index contributed by atoms with van der Waals surface area (Å²) < 4.78 is 0. The lowest BCUT2D eigenvalue weighted by atomic mass is 10.3. The van der Waals surface area contributed by atoms with Crippen molar-refractivity contribution in [1.29, 1.82) is 0 Å². The van der Waals surface area contributed by atoms with Gasteiger partial charge in [-0.15, -0.1) is 0 Å². The highest BCUT2D eigenvalue weighted by Gasteiger charge is 2.14. The molecule has 0 saturated carbocycles. The largest absolute Gasteiger partial charge is 0.395 e. The second-order valence-electron chi connectivity index (χ2n) is 3.88. The minimum Gasteiger partial charge on any atom is -0.395 e. The van der Waals surface area contributed by atoms with Gasteiger partial charge < -0.3 is 15.7 Å². The van der Waals surface area contributed by atoms with Crippen molar-refractivity contribution in [1.82, 2.24) is 9.97 Å². The highest BCUT2D eigenvalue weighted by Crippen LogP contribution is 2.24. The molecule has 0 aromatic carbocycles. The van der Waals surface area contributed by atoms with Gasteiger partial charge in [0.2, 0.25) is 5.28 Å². The Morgan fingerprint density at radius 3 is 2.65 bits per heavy atom. The van der Waals surface area contributed by atoms with E-state index in [-0.39, 0.29) is 11.9 Å². The van der Waals surface area contributed by atoms with Crippen LogP contribution in [0.5, 0.6) is 0 Å². The average molecular weight is 259 g/mol. The van der Waals surface area contributed by atoms with Crippen LogP contribution < -0.4 is 10.6 Å². The zero-order valence-electron chi connectivity index (χ0n) is 10.3. The van der Waals surface area contributed by atoms with Gasteiger partial charge in [-0.1, -0.05) is 13.3 Å². The fourth-order valence-corrected chi connectivity index (χ4v) is 1.77. The molecule has 0 atom stereocenters. The number of halogens is 1. The summed E-state index contributed by atoms with van der Waals surface area (Å²) in [7, 11) is 0. The van der Waals surface area contributed by atoms with Crippen LogP contribution in [0.2, 0.25) is 5.28 Å². The lowest BCUT2D eigenvalue weighted by Gasteiger charge is -2.24. The highest BCUT2D eigenvalue weighted by molar-refractivity contribution is 6.28. The number of aliphatic hydroxyl groups excluding tert-OH is 1. The maximum Gasteiger partial charge on any atom is 0.224 e. The molecule has 6 heteroatoms. The SMILES string of the molecule is CCCCN(CCO)c1nc(Cl)nc(C)c1N. The average Bonchev–Trinajstić information content (AvgIpc) is 2.29. The van der Waals surface area contributed by atoms with Gasteiger partial charge in [0.05, 0.1) is 18.0 Å². The van der Waals surface area contributed by atoms with E-state index in [9.17, 15) is 0 Å². The van der Waals surface area contributed by atoms with Gasteiger partial charge in [-0.05, 0) is 24.9 Å². The minimum atomic E-state index is 0.0593. The van der Waals surface area contributed by atoms with Gasteiger partial charge in [-0.2, -0.15) is 4.98 Å². The molecule has 1 rings (SSSR count). The van der Waals surface area contributed by atoms with Crippen molar-refractivity contribution in [2.75, 3.05) is 30.3 Å². The Balaban J connectivity index is 2.99. The van der Waals surface area contributed by atoms with Crippen LogP contribution in [0, 0.1) is 6.92 Å². The number of aliphatic hydroxyl groups is 1. The first-order valence-corrected chi connectivity index (χ1v) is 6.13. The van der Waals surface area contributed by atoms with Crippen molar-refractivity contribution in [3.63, 3.8) is 0 Å². The van der Waals surface area contributed by atoms with E-state index in [0.29, 0.717) is 23.7 Å². The first-order chi connectivity index (χ1) is 8.10. The number of aryl methyl sites for hydroxylation is 1. The third-order valence-electron chi connectivity index (χ3n) is 2.54. The molecule has 1 aromatic heterocycles. The molecule has 0 bridgehead atoms. The van der Waals surface area contributed by atoms with Crippen LogP contribution in [-0.4, -0.2) is 34.8 Å². The van der Waals surface area contributed by atoms with Crippen molar-refractivity contribution < 1.29 is 5.11 Å². The van der Waals surface area contributed by atoms with Crippen LogP contribution in [0.4, 0.5) is 11.5 Å². The molecule has 0 radical (unpaired) electrons. The molecule has 1 aromatic rings. The normalized spacial score (nSPS) is 10.6. The molecule has 0 aliphatic heterocycles. The Hall–Kier alpha value is -1.07. The summed E-state index contributed by atoms with van der Waals surface area (Å²) >= 11 is 5.83. The predicted octanol–water partition coefficient (Wildman–Crippen LogP) is 1.62. The number of aromatic nitrogens is 2. The Bertz CT molecular complexity index is 373. The highest BCUT2D eigenvalue weighted by atomic mass is 35.5. The monoisotopic (exact) mass is 258 g/mol. The zero-order valence-corrected chi connectivity index (χ0v) is 11.0. The molecule has 3 N–H and O–H groups in total. The fourth-order valence-electron chi connectivity index (χ4n) is 1.57. The molecule has 0 fully saturated rings. The van der Waals surface area contributed by atoms with E-state index < -0.39 is 0 Å². The van der Waals surface area contributed by atoms with E-state index in [1.54, 1.807) is 6.92 Å². The number of hydrogen-bond acceptors (Lipinski definition) is 5. The molecule has 5 nitrogen and oxygen atoms in total. The number of unbranched alkanes of at least 4 members (excludes halogenated alkanes) is 1. The Labute approximate surface area is 107 Å². The van der Waals surface area contributed by atoms with Gasteiger partial charge in [0, 0.05) is 13.1 Å². The van der Waals surface area contributed by atoms with E-state index in [4.69, 9.17) is 22.4 Å². The summed E-state index contributed by atoms with van der Waals surface area (Å²) in [6.45, 7) is 5.26. The summed E-state index contributed by atoms with van der Waals surface area (Å²) in [6, 6.07) is 0. The Morgan fingerprint density at radius 2 is 2.06 bits per heavy atom. The molecule has 1 heterocycles. The molecule has 0 spiro atoms. The number of nitrogens with two attached hydrogens (primary N) is 1. The maximum atomic E-state index is 9.07. The second-order valence-corrected chi connectivity index (χ2v) is 4.22. The zero-order chi connectivity index (χ0) is 12.8. The summed E-state index contributed by atoms with van der Waals surface area (Å²) in [5, 5.41) is 9.25. The summed E-state index contributed by atoms with van der Waals surface area (Å²) in [6.07, 6.45) is 2.08. The van der Waals surface area contributed by atoms with Gasteiger partial charge in [-0.25, -0.2) is 4.98 Å². The number of nitrogens with zero attached hydrogens (tertiary/aromatic N) is 3. The maximum absolute atomic E-state index is 9.07. The fraction of sp³-hybridized carbons (Fsp3) is 0.636. The van der Waals surface area contributed by atoms with E-state index in [0.717, 1.165) is 19.4 Å². The van der Waals surface area contributed by atoms with Gasteiger partial charge >= 0.3 is 0 Å². The molecule has 0 amide bonds. The van der Waals surface area contributed by atoms with Crippen LogP contribution in [-0.2, 0) is 0 Å². The van der Waals surface area contributed by atoms with Gasteiger partial charge in [0.25, 0.3) is 0 Å². The van der Waals surface area contributed by atoms with Gasteiger partial charge in [0.15, 0.2) is 5.82 Å². The van der Waals surface area contributed by atoms with Crippen LogP contribution in [0.3, 0.4) is 0 Å². The van der Waals surface area contributed by atoms with Crippen LogP contribution >= 0.6 is 11.6 Å². The number of hydrogen-bond donors (Lipinski definition) is 2. The van der Waals surface area contributed by atoms with Crippen molar-refractivity contribution >= 4 is 23.1 Å². The van der Waals surface area contributed by atoms with Gasteiger partial charge in [0.1, 0.15) is 0 Å². The molecule has 0 unspecified atom stereocenters. The second kappa shape index (κ2) is 6.61. The van der Waals surface area contributed by atoms with Crippen molar-refractivity contribution in [3.05, 3.63) is 11.0 Å². The minimum absolute atomic E-state index is 0.0593. The standard InChI is InChI=1S/C11H19ClN4O/c1-3-4-5-16(6-7-17)10-9(13)8(2)14-11(12)15-10/h17H,3-7,13H2,1-2H3. The molecule has 17 heavy (non-hydrogen) atoms. The Morgan fingerprint density at radius 1 is 1.35 bits per heavy atom. The number of anilines is 2. The molecular weight excluding hydrogens is 240 g/mol. The van der Waals surface area contributed by atoms with Crippen LogP contribution in [0.15, 0.2) is 0 Å². The first-order valence-electron chi connectivity index (χ1n) is 5.75. The molecule has 96 valence electrons. The molecule has 0 saturated heterocycles. The van der Waals surface area contributed by atoms with E-state index >= 15 is 0 Å². The quantitative estimate of drug-likeness (QED) is 0.759. The number of nitrogen functional groups attached to an aromatic ring is 1. The third-order valence-corrected chi connectivity index (χ3v) is 2.71. The smallest absolute Gasteiger partial charge is 0.224 e.